The second-order valence-electron chi connectivity index (χ2n) is 8.90. The van der Waals surface area contributed by atoms with E-state index in [-0.39, 0.29) is 11.8 Å². The van der Waals surface area contributed by atoms with Gasteiger partial charge in [-0.3, -0.25) is 14.5 Å². The third-order valence-corrected chi connectivity index (χ3v) is 6.84. The topological polar surface area (TPSA) is 61.7 Å². The van der Waals surface area contributed by atoms with Crippen LogP contribution in [-0.4, -0.2) is 82.1 Å². The van der Waals surface area contributed by atoms with Gasteiger partial charge in [0.2, 0.25) is 5.91 Å². The summed E-state index contributed by atoms with van der Waals surface area (Å²) < 4.78 is 1.70. The van der Waals surface area contributed by atoms with Crippen LogP contribution in [0.2, 0.25) is 5.15 Å². The van der Waals surface area contributed by atoms with Crippen molar-refractivity contribution >= 4 is 23.4 Å². The van der Waals surface area contributed by atoms with Gasteiger partial charge in [0, 0.05) is 39.3 Å². The van der Waals surface area contributed by atoms with Crippen LogP contribution < -0.4 is 0 Å². The average Bonchev–Trinajstić information content (AvgIpc) is 3.08. The summed E-state index contributed by atoms with van der Waals surface area (Å²) in [4.78, 5) is 31.7. The Hall–Kier alpha value is -2.38. The zero-order valence-electron chi connectivity index (χ0n) is 19.0. The highest BCUT2D eigenvalue weighted by molar-refractivity contribution is 6.33. The maximum absolute atomic E-state index is 13.2. The van der Waals surface area contributed by atoms with Crippen LogP contribution in [0.3, 0.4) is 0 Å². The summed E-state index contributed by atoms with van der Waals surface area (Å²) in [5.41, 5.74) is 3.42. The van der Waals surface area contributed by atoms with Gasteiger partial charge in [0.05, 0.1) is 24.3 Å². The molecule has 0 unspecified atom stereocenters. The van der Waals surface area contributed by atoms with E-state index < -0.39 is 0 Å². The minimum absolute atomic E-state index is 0.0790. The fourth-order valence-electron chi connectivity index (χ4n) is 4.47. The molecule has 4 rings (SSSR count). The lowest BCUT2D eigenvalue weighted by molar-refractivity contribution is -0.133. The van der Waals surface area contributed by atoms with E-state index in [1.807, 2.05) is 16.7 Å². The van der Waals surface area contributed by atoms with Crippen LogP contribution in [0.4, 0.5) is 0 Å². The van der Waals surface area contributed by atoms with Crippen LogP contribution >= 0.6 is 11.6 Å². The molecule has 2 aliphatic heterocycles. The Morgan fingerprint density at radius 2 is 1.56 bits per heavy atom. The number of piperazine rings is 1. The summed E-state index contributed by atoms with van der Waals surface area (Å²) in [5, 5.41) is 4.91. The molecule has 2 aliphatic rings. The number of likely N-dealkylation sites (tertiary alicyclic amines) is 1. The highest BCUT2D eigenvalue weighted by atomic mass is 35.5. The van der Waals surface area contributed by atoms with Crippen LogP contribution in [0, 0.1) is 13.8 Å². The van der Waals surface area contributed by atoms with Crippen LogP contribution in [0.5, 0.6) is 0 Å². The number of hydrogen-bond donors (Lipinski definition) is 0. The molecule has 172 valence electrons. The van der Waals surface area contributed by atoms with Crippen molar-refractivity contribution in [1.82, 2.24) is 24.5 Å². The summed E-state index contributed by atoms with van der Waals surface area (Å²) in [6, 6.07) is 8.21. The maximum atomic E-state index is 13.2. The van der Waals surface area contributed by atoms with Crippen molar-refractivity contribution in [3.63, 3.8) is 0 Å². The number of rotatable bonds is 5. The summed E-state index contributed by atoms with van der Waals surface area (Å²) in [5.74, 6) is 0.130. The third kappa shape index (κ3) is 5.15. The van der Waals surface area contributed by atoms with E-state index in [2.05, 4.69) is 41.2 Å². The number of amides is 2. The number of hydrogen-bond acceptors (Lipinski definition) is 4. The number of piperidine rings is 1. The van der Waals surface area contributed by atoms with Crippen molar-refractivity contribution in [1.29, 1.82) is 0 Å². The van der Waals surface area contributed by atoms with Crippen molar-refractivity contribution < 1.29 is 9.59 Å². The molecule has 2 saturated heterocycles. The van der Waals surface area contributed by atoms with Gasteiger partial charge in [-0.25, -0.2) is 4.68 Å². The standard InChI is InChI=1S/C24H32ClN5O2/c1-18-6-8-20(9-7-18)16-30-23(25)22(19(2)26-30)24(32)29-14-12-27(13-15-29)17-21(31)28-10-4-3-5-11-28/h6-9H,3-5,10-17H2,1-2H3. The molecule has 0 atom stereocenters. The third-order valence-electron chi connectivity index (χ3n) is 6.46. The number of carbonyl (C=O) groups excluding carboxylic acids is 2. The van der Waals surface area contributed by atoms with Gasteiger partial charge in [-0.2, -0.15) is 5.10 Å². The van der Waals surface area contributed by atoms with Gasteiger partial charge < -0.3 is 9.80 Å². The van der Waals surface area contributed by atoms with Gasteiger partial charge in [-0.15, -0.1) is 0 Å². The minimum Gasteiger partial charge on any atom is -0.342 e. The highest BCUT2D eigenvalue weighted by Gasteiger charge is 2.29. The van der Waals surface area contributed by atoms with E-state index in [0.717, 1.165) is 31.5 Å². The van der Waals surface area contributed by atoms with Crippen LogP contribution in [0.1, 0.15) is 46.4 Å². The molecule has 0 N–H and O–H groups in total. The first-order valence-electron chi connectivity index (χ1n) is 11.5. The number of aromatic nitrogens is 2. The fraction of sp³-hybridized carbons (Fsp3) is 0.542. The molecule has 32 heavy (non-hydrogen) atoms. The minimum atomic E-state index is -0.0790. The molecule has 0 bridgehead atoms. The molecule has 0 radical (unpaired) electrons. The lowest BCUT2D eigenvalue weighted by atomic mass is 10.1. The zero-order valence-corrected chi connectivity index (χ0v) is 19.8. The molecule has 2 amide bonds. The van der Waals surface area contributed by atoms with Gasteiger partial charge >= 0.3 is 0 Å². The predicted octanol–water partition coefficient (Wildman–Crippen LogP) is 2.97. The highest BCUT2D eigenvalue weighted by Crippen LogP contribution is 2.23. The van der Waals surface area contributed by atoms with E-state index in [0.29, 0.717) is 55.7 Å². The Morgan fingerprint density at radius 1 is 0.906 bits per heavy atom. The lowest BCUT2D eigenvalue weighted by Gasteiger charge is -2.36. The first kappa shape index (κ1) is 22.8. The van der Waals surface area contributed by atoms with Crippen molar-refractivity contribution in [2.24, 2.45) is 0 Å². The Kier molecular flexibility index (Phi) is 7.16. The molecule has 1 aromatic heterocycles. The molecule has 8 heteroatoms. The Balaban J connectivity index is 1.35. The molecule has 0 saturated carbocycles. The summed E-state index contributed by atoms with van der Waals surface area (Å²) in [7, 11) is 0. The number of aryl methyl sites for hydroxylation is 2. The molecule has 0 aliphatic carbocycles. The Morgan fingerprint density at radius 3 is 2.22 bits per heavy atom. The zero-order chi connectivity index (χ0) is 22.7. The SMILES string of the molecule is Cc1ccc(Cn2nc(C)c(C(=O)N3CCN(CC(=O)N4CCCCC4)CC3)c2Cl)cc1. The second kappa shape index (κ2) is 10.0. The normalized spacial score (nSPS) is 17.6. The quantitative estimate of drug-likeness (QED) is 0.692. The van der Waals surface area contributed by atoms with Crippen LogP contribution in [0.25, 0.3) is 0 Å². The van der Waals surface area contributed by atoms with Crippen LogP contribution in [0.15, 0.2) is 24.3 Å². The maximum Gasteiger partial charge on any atom is 0.258 e. The summed E-state index contributed by atoms with van der Waals surface area (Å²) in [6.07, 6.45) is 3.42. The van der Waals surface area contributed by atoms with Crippen molar-refractivity contribution in [2.75, 3.05) is 45.8 Å². The van der Waals surface area contributed by atoms with E-state index in [9.17, 15) is 9.59 Å². The van der Waals surface area contributed by atoms with Crippen LogP contribution in [-0.2, 0) is 11.3 Å². The van der Waals surface area contributed by atoms with E-state index in [1.54, 1.807) is 4.68 Å². The molecule has 0 spiro atoms. The largest absolute Gasteiger partial charge is 0.342 e. The van der Waals surface area contributed by atoms with Gasteiger partial charge in [0.25, 0.3) is 5.91 Å². The van der Waals surface area contributed by atoms with Crippen molar-refractivity contribution in [3.05, 3.63) is 51.8 Å². The monoisotopic (exact) mass is 457 g/mol. The first-order chi connectivity index (χ1) is 15.4. The van der Waals surface area contributed by atoms with E-state index in [4.69, 9.17) is 11.6 Å². The predicted molar refractivity (Wildman–Crippen MR) is 125 cm³/mol. The summed E-state index contributed by atoms with van der Waals surface area (Å²) in [6.45, 7) is 9.17. The fourth-order valence-corrected chi connectivity index (χ4v) is 4.78. The number of carbonyl (C=O) groups is 2. The van der Waals surface area contributed by atoms with Gasteiger partial charge in [0.15, 0.2) is 0 Å². The van der Waals surface area contributed by atoms with Gasteiger partial charge in [-0.05, 0) is 38.7 Å². The average molecular weight is 458 g/mol. The molecular formula is C24H32ClN5O2. The molecule has 2 fully saturated rings. The second-order valence-corrected chi connectivity index (χ2v) is 9.26. The number of halogens is 1. The van der Waals surface area contributed by atoms with Crippen molar-refractivity contribution in [3.8, 4) is 0 Å². The van der Waals surface area contributed by atoms with Gasteiger partial charge in [0.1, 0.15) is 5.15 Å². The smallest absolute Gasteiger partial charge is 0.258 e. The molecule has 2 aromatic rings. The molecule has 1 aromatic carbocycles. The van der Waals surface area contributed by atoms with Gasteiger partial charge in [-0.1, -0.05) is 41.4 Å². The number of nitrogens with zero attached hydrogens (tertiary/aromatic N) is 5. The molecular weight excluding hydrogens is 426 g/mol. The van der Waals surface area contributed by atoms with Crippen molar-refractivity contribution in [2.45, 2.75) is 39.7 Å². The lowest BCUT2D eigenvalue weighted by Crippen LogP contribution is -2.52. The summed E-state index contributed by atoms with van der Waals surface area (Å²) >= 11 is 6.60. The van der Waals surface area contributed by atoms with E-state index >= 15 is 0 Å². The molecule has 7 nitrogen and oxygen atoms in total. The first-order valence-corrected chi connectivity index (χ1v) is 11.9. The van der Waals surface area contributed by atoms with E-state index in [1.165, 1.54) is 12.0 Å². The Bertz CT molecular complexity index is 958. The number of benzene rings is 1. The Labute approximate surface area is 194 Å². The molecule has 3 heterocycles.